The number of carbonyl (C=O) groups excluding carboxylic acids is 2. The molecule has 0 aromatic heterocycles. The van der Waals surface area contributed by atoms with Crippen LogP contribution in [0.4, 0.5) is 15.8 Å². The van der Waals surface area contributed by atoms with Gasteiger partial charge >= 0.3 is 0 Å². The average Bonchev–Trinajstić information content (AvgIpc) is 2.76. The lowest BCUT2D eigenvalue weighted by Gasteiger charge is -2.13. The number of hydrogen-bond donors (Lipinski definition) is 3. The zero-order valence-corrected chi connectivity index (χ0v) is 19.3. The van der Waals surface area contributed by atoms with Crippen LogP contribution in [0.3, 0.4) is 0 Å². The number of nitrogens with one attached hydrogen (secondary N) is 3. The van der Waals surface area contributed by atoms with Crippen LogP contribution >= 0.6 is 28.1 Å². The topological polar surface area (TPSA) is 79.5 Å². The SMILES string of the molecule is CCOc1ccc(Br)cc1C(=O)NC(=S)Nc1cccc(C(=O)Nc2ccc(F)cc2)c1. The first kappa shape index (κ1) is 23.4. The molecule has 0 heterocycles. The fraction of sp³-hybridized carbons (Fsp3) is 0.0870. The van der Waals surface area contributed by atoms with E-state index in [4.69, 9.17) is 17.0 Å². The Balaban J connectivity index is 1.65. The summed E-state index contributed by atoms with van der Waals surface area (Å²) < 4.78 is 19.3. The maximum absolute atomic E-state index is 13.0. The highest BCUT2D eigenvalue weighted by molar-refractivity contribution is 9.10. The molecule has 164 valence electrons. The highest BCUT2D eigenvalue weighted by atomic mass is 79.9. The first-order valence-electron chi connectivity index (χ1n) is 9.57. The molecule has 3 aromatic rings. The van der Waals surface area contributed by atoms with Crippen LogP contribution in [0.2, 0.25) is 0 Å². The molecule has 0 fully saturated rings. The number of benzene rings is 3. The number of ether oxygens (including phenoxy) is 1. The van der Waals surface area contributed by atoms with Crippen LogP contribution in [0.1, 0.15) is 27.6 Å². The minimum Gasteiger partial charge on any atom is -0.493 e. The summed E-state index contributed by atoms with van der Waals surface area (Å²) in [6.07, 6.45) is 0. The smallest absolute Gasteiger partial charge is 0.261 e. The quantitative estimate of drug-likeness (QED) is 0.384. The molecule has 6 nitrogen and oxygen atoms in total. The van der Waals surface area contributed by atoms with Gasteiger partial charge in [0.15, 0.2) is 5.11 Å². The van der Waals surface area contributed by atoms with Crippen molar-refractivity contribution in [2.24, 2.45) is 0 Å². The summed E-state index contributed by atoms with van der Waals surface area (Å²) in [6.45, 7) is 2.24. The molecule has 0 spiro atoms. The van der Waals surface area contributed by atoms with Gasteiger partial charge in [-0.1, -0.05) is 22.0 Å². The Morgan fingerprint density at radius 2 is 1.72 bits per heavy atom. The molecule has 3 aromatic carbocycles. The van der Waals surface area contributed by atoms with Gasteiger partial charge in [-0.15, -0.1) is 0 Å². The van der Waals surface area contributed by atoms with E-state index in [2.05, 4.69) is 31.9 Å². The van der Waals surface area contributed by atoms with Crippen molar-refractivity contribution in [3.8, 4) is 5.75 Å². The van der Waals surface area contributed by atoms with E-state index < -0.39 is 5.91 Å². The first-order chi connectivity index (χ1) is 15.4. The van der Waals surface area contributed by atoms with Crippen molar-refractivity contribution >= 4 is 56.4 Å². The molecule has 0 aliphatic rings. The van der Waals surface area contributed by atoms with Crippen molar-refractivity contribution in [1.29, 1.82) is 0 Å². The van der Waals surface area contributed by atoms with E-state index in [9.17, 15) is 14.0 Å². The zero-order valence-electron chi connectivity index (χ0n) is 16.9. The highest BCUT2D eigenvalue weighted by Gasteiger charge is 2.15. The molecule has 0 saturated heterocycles. The number of thiocarbonyl (C=S) groups is 1. The number of halogens is 2. The summed E-state index contributed by atoms with van der Waals surface area (Å²) in [5, 5.41) is 8.25. The fourth-order valence-electron chi connectivity index (χ4n) is 2.77. The predicted octanol–water partition coefficient (Wildman–Crippen LogP) is 5.37. The molecular weight excluding hydrogens is 497 g/mol. The molecule has 0 saturated carbocycles. The highest BCUT2D eigenvalue weighted by Crippen LogP contribution is 2.23. The average molecular weight is 516 g/mol. The number of rotatable bonds is 6. The largest absolute Gasteiger partial charge is 0.493 e. The van der Waals surface area contributed by atoms with E-state index in [0.717, 1.165) is 4.47 Å². The second kappa shape index (κ2) is 10.8. The number of anilines is 2. The first-order valence-corrected chi connectivity index (χ1v) is 10.8. The molecule has 3 N–H and O–H groups in total. The van der Waals surface area contributed by atoms with Gasteiger partial charge in [-0.25, -0.2) is 4.39 Å². The minimum absolute atomic E-state index is 0.0634. The van der Waals surface area contributed by atoms with Crippen molar-refractivity contribution in [3.63, 3.8) is 0 Å². The van der Waals surface area contributed by atoms with Gasteiger partial charge in [0.2, 0.25) is 0 Å². The van der Waals surface area contributed by atoms with Crippen molar-refractivity contribution < 1.29 is 18.7 Å². The second-order valence-corrected chi connectivity index (χ2v) is 7.85. The van der Waals surface area contributed by atoms with Crippen molar-refractivity contribution in [2.45, 2.75) is 6.92 Å². The summed E-state index contributed by atoms with van der Waals surface area (Å²) in [5.41, 5.74) is 1.68. The van der Waals surface area contributed by atoms with Crippen LogP contribution in [-0.2, 0) is 0 Å². The molecule has 0 unspecified atom stereocenters. The number of carbonyl (C=O) groups is 2. The van der Waals surface area contributed by atoms with E-state index in [1.807, 2.05) is 6.92 Å². The van der Waals surface area contributed by atoms with Gasteiger partial charge < -0.3 is 15.4 Å². The molecule has 0 radical (unpaired) electrons. The predicted molar refractivity (Wildman–Crippen MR) is 130 cm³/mol. The van der Waals surface area contributed by atoms with Gasteiger partial charge in [0, 0.05) is 21.4 Å². The minimum atomic E-state index is -0.433. The van der Waals surface area contributed by atoms with E-state index in [1.165, 1.54) is 24.3 Å². The Morgan fingerprint density at radius 3 is 2.44 bits per heavy atom. The Kier molecular flexibility index (Phi) is 7.91. The number of hydrogen-bond acceptors (Lipinski definition) is 4. The molecule has 9 heteroatoms. The molecular formula is C23H19BrFN3O3S. The third kappa shape index (κ3) is 6.35. The van der Waals surface area contributed by atoms with Gasteiger partial charge in [0.25, 0.3) is 11.8 Å². The van der Waals surface area contributed by atoms with Crippen LogP contribution < -0.4 is 20.7 Å². The molecule has 0 atom stereocenters. The van der Waals surface area contributed by atoms with Gasteiger partial charge in [-0.3, -0.25) is 14.9 Å². The third-order valence-corrected chi connectivity index (χ3v) is 4.90. The Morgan fingerprint density at radius 1 is 0.969 bits per heavy atom. The van der Waals surface area contributed by atoms with Gasteiger partial charge in [-0.2, -0.15) is 0 Å². The van der Waals surface area contributed by atoms with Crippen molar-refractivity contribution in [1.82, 2.24) is 5.32 Å². The number of amides is 2. The molecule has 2 amide bonds. The van der Waals surface area contributed by atoms with Crippen LogP contribution in [0.25, 0.3) is 0 Å². The van der Waals surface area contributed by atoms with Crippen LogP contribution in [0.15, 0.2) is 71.2 Å². The maximum atomic E-state index is 13.0. The summed E-state index contributed by atoms with van der Waals surface area (Å²) >= 11 is 8.59. The summed E-state index contributed by atoms with van der Waals surface area (Å²) in [6, 6.07) is 17.2. The van der Waals surface area contributed by atoms with Crippen molar-refractivity contribution in [2.75, 3.05) is 17.2 Å². The summed E-state index contributed by atoms with van der Waals surface area (Å²) in [5.74, 6) is -0.750. The normalized spacial score (nSPS) is 10.2. The lowest BCUT2D eigenvalue weighted by Crippen LogP contribution is -2.34. The van der Waals surface area contributed by atoms with Gasteiger partial charge in [0.05, 0.1) is 12.2 Å². The fourth-order valence-corrected chi connectivity index (χ4v) is 3.34. The molecule has 0 aliphatic heterocycles. The monoisotopic (exact) mass is 515 g/mol. The lowest BCUT2D eigenvalue weighted by molar-refractivity contribution is 0.0972. The Hall–Kier alpha value is -3.30. The van der Waals surface area contributed by atoms with E-state index in [0.29, 0.717) is 34.9 Å². The van der Waals surface area contributed by atoms with E-state index in [1.54, 1.807) is 42.5 Å². The van der Waals surface area contributed by atoms with Crippen LogP contribution in [0, 0.1) is 5.82 Å². The van der Waals surface area contributed by atoms with Gasteiger partial charge in [0.1, 0.15) is 11.6 Å². The van der Waals surface area contributed by atoms with Gasteiger partial charge in [-0.05, 0) is 79.8 Å². The summed E-state index contributed by atoms with van der Waals surface area (Å²) in [4.78, 5) is 25.1. The Bertz CT molecular complexity index is 1160. The van der Waals surface area contributed by atoms with E-state index >= 15 is 0 Å². The lowest BCUT2D eigenvalue weighted by atomic mass is 10.1. The molecule has 0 aliphatic carbocycles. The Labute approximate surface area is 198 Å². The second-order valence-electron chi connectivity index (χ2n) is 6.52. The van der Waals surface area contributed by atoms with Crippen LogP contribution in [0.5, 0.6) is 5.75 Å². The maximum Gasteiger partial charge on any atom is 0.261 e. The zero-order chi connectivity index (χ0) is 23.1. The summed E-state index contributed by atoms with van der Waals surface area (Å²) in [7, 11) is 0. The third-order valence-electron chi connectivity index (χ3n) is 4.20. The molecule has 0 bridgehead atoms. The van der Waals surface area contributed by atoms with Crippen LogP contribution in [-0.4, -0.2) is 23.5 Å². The van der Waals surface area contributed by atoms with E-state index in [-0.39, 0.29) is 16.8 Å². The van der Waals surface area contributed by atoms with Crippen molar-refractivity contribution in [3.05, 3.63) is 88.1 Å². The molecule has 32 heavy (non-hydrogen) atoms. The molecule has 3 rings (SSSR count). The standard InChI is InChI=1S/C23H19BrFN3O3S/c1-2-31-20-11-6-15(24)13-19(20)22(30)28-23(32)27-18-5-3-4-14(12-18)21(29)26-17-9-7-16(25)8-10-17/h3-13H,2H2,1H3,(H,26,29)(H2,27,28,30,32).